The number of hydrogen-bond acceptors (Lipinski definition) is 4. The highest BCUT2D eigenvalue weighted by molar-refractivity contribution is 5.77. The molecule has 0 bridgehead atoms. The van der Waals surface area contributed by atoms with Crippen molar-refractivity contribution in [1.29, 1.82) is 5.26 Å². The molecule has 16 heavy (non-hydrogen) atoms. The molecular weight excluding hydrogens is 206 g/mol. The van der Waals surface area contributed by atoms with Gasteiger partial charge in [-0.3, -0.25) is 9.69 Å². The van der Waals surface area contributed by atoms with E-state index in [1.807, 2.05) is 11.8 Å². The van der Waals surface area contributed by atoms with E-state index in [1.54, 1.807) is 7.11 Å². The summed E-state index contributed by atoms with van der Waals surface area (Å²) in [6.45, 7) is 4.68. The van der Waals surface area contributed by atoms with Crippen LogP contribution in [0.2, 0.25) is 0 Å². The Morgan fingerprint density at radius 2 is 2.31 bits per heavy atom. The summed E-state index contributed by atoms with van der Waals surface area (Å²) in [5, 5.41) is 11.4. The Kier molecular flexibility index (Phi) is 9.67. The summed E-state index contributed by atoms with van der Waals surface area (Å²) in [5.41, 5.74) is 0. The van der Waals surface area contributed by atoms with Gasteiger partial charge in [-0.15, -0.1) is 0 Å². The van der Waals surface area contributed by atoms with E-state index in [2.05, 4.69) is 11.4 Å². The predicted molar refractivity (Wildman–Crippen MR) is 61.8 cm³/mol. The van der Waals surface area contributed by atoms with Gasteiger partial charge in [0.1, 0.15) is 0 Å². The minimum atomic E-state index is -0.0280. The van der Waals surface area contributed by atoms with E-state index in [4.69, 9.17) is 10.00 Å². The number of carbonyl (C=O) groups is 1. The first kappa shape index (κ1) is 14.9. The van der Waals surface area contributed by atoms with Crippen molar-refractivity contribution in [3.05, 3.63) is 0 Å². The minimum absolute atomic E-state index is 0.0280. The number of ether oxygens (including phenoxy) is 1. The van der Waals surface area contributed by atoms with Gasteiger partial charge < -0.3 is 10.1 Å². The third-order valence-corrected chi connectivity index (χ3v) is 2.05. The second-order valence-electron chi connectivity index (χ2n) is 3.57. The van der Waals surface area contributed by atoms with E-state index < -0.39 is 0 Å². The Morgan fingerprint density at radius 3 is 2.88 bits per heavy atom. The average Bonchev–Trinajstić information content (AvgIpc) is 2.25. The van der Waals surface area contributed by atoms with Crippen molar-refractivity contribution >= 4 is 5.91 Å². The van der Waals surface area contributed by atoms with Crippen molar-refractivity contribution in [2.45, 2.75) is 19.8 Å². The molecule has 0 aliphatic carbocycles. The van der Waals surface area contributed by atoms with E-state index in [-0.39, 0.29) is 5.91 Å². The number of methoxy groups -OCH3 is 1. The van der Waals surface area contributed by atoms with Crippen LogP contribution in [0.5, 0.6) is 0 Å². The Hall–Kier alpha value is -1.12. The van der Waals surface area contributed by atoms with Crippen LogP contribution in [-0.2, 0) is 9.53 Å². The van der Waals surface area contributed by atoms with Gasteiger partial charge in [0, 0.05) is 20.3 Å². The molecule has 5 nitrogen and oxygen atoms in total. The number of nitrogens with zero attached hydrogens (tertiary/aromatic N) is 2. The van der Waals surface area contributed by atoms with Gasteiger partial charge in [-0.2, -0.15) is 5.26 Å². The largest absolute Gasteiger partial charge is 0.385 e. The van der Waals surface area contributed by atoms with Gasteiger partial charge >= 0.3 is 0 Å². The van der Waals surface area contributed by atoms with Gasteiger partial charge in [0.15, 0.2) is 0 Å². The lowest BCUT2D eigenvalue weighted by molar-refractivity contribution is -0.122. The second-order valence-corrected chi connectivity index (χ2v) is 3.57. The van der Waals surface area contributed by atoms with Crippen molar-refractivity contribution in [3.63, 3.8) is 0 Å². The number of nitriles is 1. The molecule has 0 aromatic rings. The van der Waals surface area contributed by atoms with Crippen molar-refractivity contribution in [2.75, 3.05) is 39.9 Å². The molecule has 0 aliphatic rings. The van der Waals surface area contributed by atoms with E-state index in [1.165, 1.54) is 0 Å². The lowest BCUT2D eigenvalue weighted by atomic mass is 10.3. The zero-order chi connectivity index (χ0) is 12.2. The monoisotopic (exact) mass is 227 g/mol. The smallest absolute Gasteiger partial charge is 0.234 e. The molecule has 0 saturated heterocycles. The number of amides is 1. The summed E-state index contributed by atoms with van der Waals surface area (Å²) >= 11 is 0. The first-order valence-corrected chi connectivity index (χ1v) is 5.59. The zero-order valence-electron chi connectivity index (χ0n) is 10.2. The second kappa shape index (κ2) is 10.4. The molecule has 0 atom stereocenters. The molecule has 0 fully saturated rings. The zero-order valence-corrected chi connectivity index (χ0v) is 10.2. The van der Waals surface area contributed by atoms with Crippen LogP contribution < -0.4 is 5.32 Å². The maximum atomic E-state index is 11.5. The molecule has 0 heterocycles. The van der Waals surface area contributed by atoms with Crippen LogP contribution in [-0.4, -0.2) is 50.7 Å². The fourth-order valence-electron chi connectivity index (χ4n) is 1.33. The molecule has 1 N–H and O–H groups in total. The van der Waals surface area contributed by atoms with Gasteiger partial charge in [0.25, 0.3) is 0 Å². The average molecular weight is 227 g/mol. The van der Waals surface area contributed by atoms with Gasteiger partial charge in [0.05, 0.1) is 19.2 Å². The highest BCUT2D eigenvalue weighted by atomic mass is 16.5. The quantitative estimate of drug-likeness (QED) is 0.456. The molecular formula is C11H21N3O2. The fraction of sp³-hybridized carbons (Fsp3) is 0.818. The molecule has 0 spiro atoms. The number of rotatable bonds is 9. The summed E-state index contributed by atoms with van der Waals surface area (Å²) in [5.74, 6) is -0.0280. The van der Waals surface area contributed by atoms with E-state index >= 15 is 0 Å². The van der Waals surface area contributed by atoms with Gasteiger partial charge in [-0.25, -0.2) is 0 Å². The van der Waals surface area contributed by atoms with Gasteiger partial charge in [-0.1, -0.05) is 6.92 Å². The van der Waals surface area contributed by atoms with Crippen LogP contribution in [0.3, 0.4) is 0 Å². The van der Waals surface area contributed by atoms with E-state index in [0.29, 0.717) is 26.2 Å². The molecule has 0 saturated carbocycles. The minimum Gasteiger partial charge on any atom is -0.385 e. The Bertz CT molecular complexity index is 226. The maximum absolute atomic E-state index is 11.5. The standard InChI is InChI=1S/C11H21N3O2/c1-3-7-14(8-5-12)10-11(15)13-6-4-9-16-2/h3-4,6-10H2,1-2H3,(H,13,15). The van der Waals surface area contributed by atoms with Gasteiger partial charge in [-0.05, 0) is 19.4 Å². The van der Waals surface area contributed by atoms with Crippen LogP contribution in [0.4, 0.5) is 0 Å². The summed E-state index contributed by atoms with van der Waals surface area (Å²) in [7, 11) is 1.64. The first-order valence-electron chi connectivity index (χ1n) is 5.59. The number of nitrogens with one attached hydrogen (secondary N) is 1. The molecule has 0 aliphatic heterocycles. The highest BCUT2D eigenvalue weighted by Gasteiger charge is 2.08. The Morgan fingerprint density at radius 1 is 1.56 bits per heavy atom. The van der Waals surface area contributed by atoms with Crippen molar-refractivity contribution in [2.24, 2.45) is 0 Å². The summed E-state index contributed by atoms with van der Waals surface area (Å²) in [6.07, 6.45) is 1.76. The molecule has 92 valence electrons. The predicted octanol–water partition coefficient (Wildman–Crippen LogP) is 0.375. The lowest BCUT2D eigenvalue weighted by Crippen LogP contribution is -2.38. The summed E-state index contributed by atoms with van der Waals surface area (Å²) in [4.78, 5) is 13.3. The van der Waals surface area contributed by atoms with Crippen LogP contribution >= 0.6 is 0 Å². The van der Waals surface area contributed by atoms with Crippen LogP contribution in [0.15, 0.2) is 0 Å². The SMILES string of the molecule is CCCN(CC#N)CC(=O)NCCCOC. The molecule has 0 unspecified atom stereocenters. The van der Waals surface area contributed by atoms with Crippen LogP contribution in [0, 0.1) is 11.3 Å². The maximum Gasteiger partial charge on any atom is 0.234 e. The fourth-order valence-corrected chi connectivity index (χ4v) is 1.33. The molecule has 0 rings (SSSR count). The molecule has 0 aromatic heterocycles. The molecule has 0 aromatic carbocycles. The summed E-state index contributed by atoms with van der Waals surface area (Å²) < 4.78 is 4.88. The van der Waals surface area contributed by atoms with Crippen molar-refractivity contribution < 1.29 is 9.53 Å². The van der Waals surface area contributed by atoms with Crippen LogP contribution in [0.1, 0.15) is 19.8 Å². The lowest BCUT2D eigenvalue weighted by Gasteiger charge is -2.17. The van der Waals surface area contributed by atoms with Crippen LogP contribution in [0.25, 0.3) is 0 Å². The number of carbonyl (C=O) groups excluding carboxylic acids is 1. The highest BCUT2D eigenvalue weighted by Crippen LogP contribution is 1.90. The number of hydrogen-bond donors (Lipinski definition) is 1. The third kappa shape index (κ3) is 8.21. The topological polar surface area (TPSA) is 65.4 Å². The Labute approximate surface area is 97.4 Å². The normalized spacial score (nSPS) is 10.1. The van der Waals surface area contributed by atoms with Crippen molar-refractivity contribution in [3.8, 4) is 6.07 Å². The molecule has 0 radical (unpaired) electrons. The van der Waals surface area contributed by atoms with E-state index in [9.17, 15) is 4.79 Å². The molecule has 1 amide bonds. The summed E-state index contributed by atoms with van der Waals surface area (Å²) in [6, 6.07) is 2.06. The van der Waals surface area contributed by atoms with Crippen molar-refractivity contribution in [1.82, 2.24) is 10.2 Å². The van der Waals surface area contributed by atoms with Gasteiger partial charge in [0.2, 0.25) is 5.91 Å². The van der Waals surface area contributed by atoms with E-state index in [0.717, 1.165) is 19.4 Å². The first-order chi connectivity index (χ1) is 7.74. The Balaban J connectivity index is 3.69. The molecule has 5 heteroatoms. The third-order valence-electron chi connectivity index (χ3n) is 2.05.